The number of nitrogens with one attached hydrogen (secondary N) is 1. The average Bonchev–Trinajstić information content (AvgIpc) is 3.44. The van der Waals surface area contributed by atoms with Crippen molar-refractivity contribution in [1.29, 1.82) is 0 Å². The number of carbonyl (C=O) groups is 1. The van der Waals surface area contributed by atoms with Crippen LogP contribution in [0, 0.1) is 25.1 Å². The summed E-state index contributed by atoms with van der Waals surface area (Å²) < 4.78 is 18.2. The van der Waals surface area contributed by atoms with E-state index in [1.165, 1.54) is 18.5 Å². The molecular weight excluding hydrogens is 409 g/mol. The molecule has 3 heterocycles. The number of benzene rings is 1. The van der Waals surface area contributed by atoms with Crippen LogP contribution >= 0.6 is 0 Å². The molecule has 0 spiro atoms. The molecule has 1 amide bonds. The lowest BCUT2D eigenvalue weighted by atomic mass is 10.1. The zero-order chi connectivity index (χ0) is 22.8. The lowest BCUT2D eigenvalue weighted by molar-refractivity contribution is 0.102. The second-order valence-electron chi connectivity index (χ2n) is 7.45. The summed E-state index contributed by atoms with van der Waals surface area (Å²) >= 11 is 0. The highest BCUT2D eigenvalue weighted by Gasteiger charge is 2.18. The van der Waals surface area contributed by atoms with Crippen molar-refractivity contribution < 1.29 is 9.18 Å². The first-order valence-electron chi connectivity index (χ1n) is 9.86. The SMILES string of the molecule is C#Cc1cn(-c2cc(C(=O)Nc3cccc(-c4nncn4C(C)C)n3)c(F)cc2C)cn1. The molecule has 9 heteroatoms. The Morgan fingerprint density at radius 2 is 2.06 bits per heavy atom. The largest absolute Gasteiger partial charge is 0.310 e. The van der Waals surface area contributed by atoms with Crippen molar-refractivity contribution in [3.63, 3.8) is 0 Å². The summed E-state index contributed by atoms with van der Waals surface area (Å²) in [6, 6.07) is 8.03. The molecule has 0 bridgehead atoms. The topological polar surface area (TPSA) is 90.5 Å². The molecule has 4 rings (SSSR count). The van der Waals surface area contributed by atoms with Gasteiger partial charge in [-0.15, -0.1) is 16.6 Å². The Morgan fingerprint density at radius 3 is 2.78 bits per heavy atom. The number of carbonyl (C=O) groups excluding carboxylic acids is 1. The summed E-state index contributed by atoms with van der Waals surface area (Å²) in [6.45, 7) is 5.75. The van der Waals surface area contributed by atoms with Crippen LogP contribution in [0.1, 0.15) is 41.5 Å². The van der Waals surface area contributed by atoms with Gasteiger partial charge in [-0.05, 0) is 56.5 Å². The highest BCUT2D eigenvalue weighted by atomic mass is 19.1. The zero-order valence-corrected chi connectivity index (χ0v) is 17.7. The van der Waals surface area contributed by atoms with Crippen LogP contribution in [-0.2, 0) is 0 Å². The molecule has 0 aliphatic rings. The van der Waals surface area contributed by atoms with E-state index >= 15 is 0 Å². The zero-order valence-electron chi connectivity index (χ0n) is 17.7. The van der Waals surface area contributed by atoms with Crippen molar-refractivity contribution >= 4 is 11.7 Å². The predicted molar refractivity (Wildman–Crippen MR) is 118 cm³/mol. The van der Waals surface area contributed by atoms with E-state index in [4.69, 9.17) is 6.42 Å². The molecule has 4 aromatic rings. The Morgan fingerprint density at radius 1 is 1.25 bits per heavy atom. The summed E-state index contributed by atoms with van der Waals surface area (Å²) in [5.41, 5.74) is 2.08. The van der Waals surface area contributed by atoms with Gasteiger partial charge in [-0.2, -0.15) is 0 Å². The lowest BCUT2D eigenvalue weighted by Crippen LogP contribution is -2.16. The van der Waals surface area contributed by atoms with Gasteiger partial charge in [0.15, 0.2) is 5.82 Å². The third-order valence-corrected chi connectivity index (χ3v) is 4.89. The van der Waals surface area contributed by atoms with Crippen molar-refractivity contribution in [3.05, 3.63) is 71.8 Å². The first-order chi connectivity index (χ1) is 15.4. The van der Waals surface area contributed by atoms with Crippen molar-refractivity contribution in [2.24, 2.45) is 0 Å². The summed E-state index contributed by atoms with van der Waals surface area (Å²) in [5.74, 6) is 2.01. The van der Waals surface area contributed by atoms with E-state index in [0.29, 0.717) is 28.5 Å². The van der Waals surface area contributed by atoms with Gasteiger partial charge in [0, 0.05) is 12.2 Å². The summed E-state index contributed by atoms with van der Waals surface area (Å²) in [4.78, 5) is 21.4. The smallest absolute Gasteiger partial charge is 0.259 e. The van der Waals surface area contributed by atoms with Crippen molar-refractivity contribution in [1.82, 2.24) is 29.3 Å². The number of amides is 1. The number of anilines is 1. The molecule has 0 aliphatic carbocycles. The normalized spacial score (nSPS) is 10.9. The van der Waals surface area contributed by atoms with Crippen molar-refractivity contribution in [2.45, 2.75) is 26.8 Å². The first kappa shape index (κ1) is 20.9. The van der Waals surface area contributed by atoms with Crippen LogP contribution in [0.4, 0.5) is 10.2 Å². The number of aryl methyl sites for hydroxylation is 1. The molecule has 3 aromatic heterocycles. The number of nitrogens with zero attached hydrogens (tertiary/aromatic N) is 6. The van der Waals surface area contributed by atoms with Crippen LogP contribution < -0.4 is 5.32 Å². The van der Waals surface area contributed by atoms with Crippen LogP contribution in [0.5, 0.6) is 0 Å². The molecule has 1 aromatic carbocycles. The lowest BCUT2D eigenvalue weighted by Gasteiger charge is -2.12. The molecule has 0 fully saturated rings. The molecule has 0 aliphatic heterocycles. The molecular formula is C23H20FN7O. The maximum Gasteiger partial charge on any atom is 0.259 e. The number of imidazole rings is 1. The molecule has 0 radical (unpaired) electrons. The minimum absolute atomic E-state index is 0.126. The number of hydrogen-bond donors (Lipinski definition) is 1. The van der Waals surface area contributed by atoms with Gasteiger partial charge in [0.05, 0.1) is 11.3 Å². The van der Waals surface area contributed by atoms with Gasteiger partial charge < -0.3 is 14.5 Å². The van der Waals surface area contributed by atoms with Crippen LogP contribution in [0.3, 0.4) is 0 Å². The van der Waals surface area contributed by atoms with Gasteiger partial charge in [-0.25, -0.2) is 14.4 Å². The number of terminal acetylenes is 1. The van der Waals surface area contributed by atoms with Crippen LogP contribution in [0.25, 0.3) is 17.2 Å². The van der Waals surface area contributed by atoms with E-state index in [1.807, 2.05) is 18.4 Å². The highest BCUT2D eigenvalue weighted by Crippen LogP contribution is 2.22. The Bertz CT molecular complexity index is 1350. The Labute approximate surface area is 184 Å². The van der Waals surface area contributed by atoms with Gasteiger partial charge in [0.1, 0.15) is 35.7 Å². The van der Waals surface area contributed by atoms with Crippen LogP contribution in [0.2, 0.25) is 0 Å². The third kappa shape index (κ3) is 3.98. The van der Waals surface area contributed by atoms with Gasteiger partial charge >= 0.3 is 0 Å². The molecule has 0 unspecified atom stereocenters. The van der Waals surface area contributed by atoms with Gasteiger partial charge in [-0.3, -0.25) is 4.79 Å². The molecule has 8 nitrogen and oxygen atoms in total. The summed E-state index contributed by atoms with van der Waals surface area (Å²) in [7, 11) is 0. The Balaban J connectivity index is 1.64. The predicted octanol–water partition coefficient (Wildman–Crippen LogP) is 3.79. The summed E-state index contributed by atoms with van der Waals surface area (Å²) in [6.07, 6.45) is 10.2. The number of hydrogen-bond acceptors (Lipinski definition) is 5. The Kier molecular flexibility index (Phi) is 5.52. The second-order valence-corrected chi connectivity index (χ2v) is 7.45. The summed E-state index contributed by atoms with van der Waals surface area (Å²) in [5, 5.41) is 10.7. The van der Waals surface area contributed by atoms with Crippen LogP contribution in [0.15, 0.2) is 49.2 Å². The fraction of sp³-hybridized carbons (Fsp3) is 0.174. The first-order valence-corrected chi connectivity index (χ1v) is 9.86. The number of halogens is 1. The molecule has 1 N–H and O–H groups in total. The molecule has 0 saturated heterocycles. The van der Waals surface area contributed by atoms with Crippen LogP contribution in [-0.4, -0.2) is 35.2 Å². The maximum absolute atomic E-state index is 14.7. The monoisotopic (exact) mass is 429 g/mol. The minimum atomic E-state index is -0.642. The minimum Gasteiger partial charge on any atom is -0.310 e. The van der Waals surface area contributed by atoms with E-state index in [0.717, 1.165) is 0 Å². The quantitative estimate of drug-likeness (QED) is 0.488. The number of rotatable bonds is 5. The third-order valence-electron chi connectivity index (χ3n) is 4.89. The van der Waals surface area contributed by atoms with Gasteiger partial charge in [0.25, 0.3) is 5.91 Å². The van der Waals surface area contributed by atoms with E-state index in [1.54, 1.807) is 42.2 Å². The van der Waals surface area contributed by atoms with E-state index in [-0.39, 0.29) is 17.4 Å². The Hall–Kier alpha value is -4.32. The van der Waals surface area contributed by atoms with Gasteiger partial charge in [0.2, 0.25) is 0 Å². The molecule has 0 saturated carbocycles. The van der Waals surface area contributed by atoms with Crippen molar-refractivity contribution in [2.75, 3.05) is 5.32 Å². The van der Waals surface area contributed by atoms with E-state index in [9.17, 15) is 9.18 Å². The number of pyridine rings is 1. The highest BCUT2D eigenvalue weighted by molar-refractivity contribution is 6.04. The average molecular weight is 429 g/mol. The molecule has 0 atom stereocenters. The van der Waals surface area contributed by atoms with E-state index in [2.05, 4.69) is 31.4 Å². The maximum atomic E-state index is 14.7. The molecule has 160 valence electrons. The second kappa shape index (κ2) is 8.43. The fourth-order valence-electron chi connectivity index (χ4n) is 3.26. The van der Waals surface area contributed by atoms with E-state index < -0.39 is 11.7 Å². The fourth-order valence-corrected chi connectivity index (χ4v) is 3.26. The number of aromatic nitrogens is 6. The van der Waals surface area contributed by atoms with Gasteiger partial charge in [-0.1, -0.05) is 6.07 Å². The standard InChI is InChI=1S/C23H20FN7O/c1-5-16-11-30(12-25-16)20-10-17(18(24)9-15(20)4)23(32)28-21-8-6-7-19(27-21)22-29-26-13-31(22)14(2)3/h1,6-14H,2-4H3,(H,27,28,32). The van der Waals surface area contributed by atoms with Crippen molar-refractivity contribution in [3.8, 4) is 29.5 Å². The molecule has 32 heavy (non-hydrogen) atoms.